The zero-order valence-corrected chi connectivity index (χ0v) is 13.1. The second-order valence-electron chi connectivity index (χ2n) is 4.91. The second-order valence-corrected chi connectivity index (χ2v) is 4.91. The summed E-state index contributed by atoms with van der Waals surface area (Å²) in [7, 11) is 2.87. The summed E-state index contributed by atoms with van der Waals surface area (Å²) in [4.78, 5) is 24.1. The molecule has 0 aliphatic carbocycles. The number of hydrogen-bond acceptors (Lipinski definition) is 4. The molecule has 0 aliphatic rings. The molecule has 0 fully saturated rings. The number of carbonyl (C=O) groups is 2. The summed E-state index contributed by atoms with van der Waals surface area (Å²) in [5.74, 6) is -0.0607. The summed E-state index contributed by atoms with van der Waals surface area (Å²) in [5, 5.41) is 2.87. The molecule has 2 aromatic carbocycles. The Hall–Kier alpha value is -2.82. The standard InChI is InChI=1S/C18H19NO4/c1-22-16-11-7-6-10-14(16)15(12-17(20)23-2)19-18(21)13-8-4-3-5-9-13/h3-11,15H,12H2,1-2H3,(H,19,21). The fourth-order valence-corrected chi connectivity index (χ4v) is 2.27. The smallest absolute Gasteiger partial charge is 0.307 e. The predicted octanol–water partition coefficient (Wildman–Crippen LogP) is 2.73. The predicted molar refractivity (Wildman–Crippen MR) is 86.3 cm³/mol. The number of ether oxygens (including phenoxy) is 2. The maximum absolute atomic E-state index is 12.4. The second kappa shape index (κ2) is 7.98. The van der Waals surface area contributed by atoms with E-state index in [0.717, 1.165) is 5.56 Å². The van der Waals surface area contributed by atoms with Crippen LogP contribution in [0.25, 0.3) is 0 Å². The minimum Gasteiger partial charge on any atom is -0.496 e. The summed E-state index contributed by atoms with van der Waals surface area (Å²) >= 11 is 0. The number of hydrogen-bond donors (Lipinski definition) is 1. The topological polar surface area (TPSA) is 64.6 Å². The van der Waals surface area contributed by atoms with E-state index >= 15 is 0 Å². The number of methoxy groups -OCH3 is 2. The van der Waals surface area contributed by atoms with Crippen molar-refractivity contribution in [2.45, 2.75) is 12.5 Å². The molecule has 0 aromatic heterocycles. The Morgan fingerprint density at radius 3 is 2.30 bits per heavy atom. The van der Waals surface area contributed by atoms with Crippen molar-refractivity contribution in [2.24, 2.45) is 0 Å². The zero-order chi connectivity index (χ0) is 16.7. The highest BCUT2D eigenvalue weighted by Crippen LogP contribution is 2.27. The number of rotatable bonds is 6. The molecule has 1 amide bonds. The summed E-state index contributed by atoms with van der Waals surface area (Å²) in [6, 6.07) is 15.6. The minimum absolute atomic E-state index is 0.0233. The van der Waals surface area contributed by atoms with Gasteiger partial charge in [-0.3, -0.25) is 9.59 Å². The molecular formula is C18H19NO4. The Morgan fingerprint density at radius 2 is 1.65 bits per heavy atom. The molecule has 0 bridgehead atoms. The molecule has 2 aromatic rings. The number of nitrogens with one attached hydrogen (secondary N) is 1. The molecule has 0 saturated heterocycles. The van der Waals surface area contributed by atoms with E-state index in [1.54, 1.807) is 37.4 Å². The van der Waals surface area contributed by atoms with Gasteiger partial charge in [-0.15, -0.1) is 0 Å². The normalized spacial score (nSPS) is 11.4. The quantitative estimate of drug-likeness (QED) is 0.833. The number of amides is 1. The fraction of sp³-hybridized carbons (Fsp3) is 0.222. The van der Waals surface area contributed by atoms with Crippen LogP contribution in [0.2, 0.25) is 0 Å². The average Bonchev–Trinajstić information content (AvgIpc) is 2.61. The van der Waals surface area contributed by atoms with Gasteiger partial charge in [0.25, 0.3) is 5.91 Å². The maximum Gasteiger partial charge on any atom is 0.307 e. The van der Waals surface area contributed by atoms with Crippen LogP contribution in [-0.4, -0.2) is 26.1 Å². The first-order valence-electron chi connectivity index (χ1n) is 7.21. The van der Waals surface area contributed by atoms with Crippen LogP contribution >= 0.6 is 0 Å². The van der Waals surface area contributed by atoms with Gasteiger partial charge in [0.1, 0.15) is 5.75 Å². The molecule has 120 valence electrons. The van der Waals surface area contributed by atoms with E-state index in [1.807, 2.05) is 24.3 Å². The van der Waals surface area contributed by atoms with Gasteiger partial charge in [0.2, 0.25) is 0 Å². The highest BCUT2D eigenvalue weighted by atomic mass is 16.5. The lowest BCUT2D eigenvalue weighted by Gasteiger charge is -2.20. The molecule has 0 heterocycles. The third-order valence-corrected chi connectivity index (χ3v) is 3.45. The SMILES string of the molecule is COC(=O)CC(NC(=O)c1ccccc1)c1ccccc1OC. The molecule has 0 saturated carbocycles. The maximum atomic E-state index is 12.4. The summed E-state index contributed by atoms with van der Waals surface area (Å²) in [6.07, 6.45) is 0.0233. The van der Waals surface area contributed by atoms with Crippen molar-refractivity contribution in [3.8, 4) is 5.75 Å². The summed E-state index contributed by atoms with van der Waals surface area (Å²) in [6.45, 7) is 0. The van der Waals surface area contributed by atoms with Crippen LogP contribution in [-0.2, 0) is 9.53 Å². The third kappa shape index (κ3) is 4.32. The minimum atomic E-state index is -0.536. The first-order chi connectivity index (χ1) is 11.2. The molecule has 0 radical (unpaired) electrons. The molecule has 2 rings (SSSR count). The summed E-state index contributed by atoms with van der Waals surface area (Å²) in [5.41, 5.74) is 1.25. The van der Waals surface area contributed by atoms with Crippen molar-refractivity contribution in [1.29, 1.82) is 0 Å². The van der Waals surface area contributed by atoms with Crippen molar-refractivity contribution in [1.82, 2.24) is 5.32 Å². The monoisotopic (exact) mass is 313 g/mol. The van der Waals surface area contributed by atoms with Crippen LogP contribution in [0.4, 0.5) is 0 Å². The molecule has 1 atom stereocenters. The van der Waals surface area contributed by atoms with Crippen LogP contribution in [0, 0.1) is 0 Å². The van der Waals surface area contributed by atoms with Gasteiger partial charge in [0.15, 0.2) is 0 Å². The highest BCUT2D eigenvalue weighted by Gasteiger charge is 2.22. The largest absolute Gasteiger partial charge is 0.496 e. The average molecular weight is 313 g/mol. The summed E-state index contributed by atoms with van der Waals surface area (Å²) < 4.78 is 10.1. The van der Waals surface area contributed by atoms with Gasteiger partial charge in [-0.25, -0.2) is 0 Å². The van der Waals surface area contributed by atoms with Crippen molar-refractivity contribution < 1.29 is 19.1 Å². The van der Waals surface area contributed by atoms with Crippen molar-refractivity contribution in [2.75, 3.05) is 14.2 Å². The Bertz CT molecular complexity index is 670. The number of benzene rings is 2. The van der Waals surface area contributed by atoms with Crippen molar-refractivity contribution >= 4 is 11.9 Å². The fourth-order valence-electron chi connectivity index (χ4n) is 2.27. The van der Waals surface area contributed by atoms with E-state index in [9.17, 15) is 9.59 Å². The van der Waals surface area contributed by atoms with Crippen molar-refractivity contribution in [3.63, 3.8) is 0 Å². The number of carbonyl (C=O) groups excluding carboxylic acids is 2. The van der Waals surface area contributed by atoms with Gasteiger partial charge >= 0.3 is 5.97 Å². The lowest BCUT2D eigenvalue weighted by molar-refractivity contribution is -0.141. The van der Waals surface area contributed by atoms with Gasteiger partial charge in [-0.2, -0.15) is 0 Å². The van der Waals surface area contributed by atoms with Gasteiger partial charge in [0, 0.05) is 11.1 Å². The van der Waals surface area contributed by atoms with Crippen LogP contribution in [0.15, 0.2) is 54.6 Å². The van der Waals surface area contributed by atoms with Gasteiger partial charge in [0.05, 0.1) is 26.7 Å². The lowest BCUT2D eigenvalue weighted by Crippen LogP contribution is -2.30. The van der Waals surface area contributed by atoms with E-state index in [4.69, 9.17) is 9.47 Å². The molecule has 5 nitrogen and oxygen atoms in total. The Morgan fingerprint density at radius 1 is 1.00 bits per heavy atom. The molecule has 5 heteroatoms. The van der Waals surface area contributed by atoms with Gasteiger partial charge < -0.3 is 14.8 Å². The Balaban J connectivity index is 2.27. The van der Waals surface area contributed by atoms with Crippen LogP contribution < -0.4 is 10.1 Å². The van der Waals surface area contributed by atoms with Crippen LogP contribution in [0.1, 0.15) is 28.4 Å². The molecular weight excluding hydrogens is 294 g/mol. The molecule has 1 N–H and O–H groups in total. The van der Waals surface area contributed by atoms with Gasteiger partial charge in [-0.1, -0.05) is 36.4 Å². The molecule has 23 heavy (non-hydrogen) atoms. The molecule has 0 spiro atoms. The first-order valence-corrected chi connectivity index (χ1v) is 7.21. The number of esters is 1. The van der Waals surface area contributed by atoms with E-state index in [0.29, 0.717) is 11.3 Å². The van der Waals surface area contributed by atoms with E-state index in [2.05, 4.69) is 5.32 Å². The Kier molecular flexibility index (Phi) is 5.74. The lowest BCUT2D eigenvalue weighted by atomic mass is 10.0. The van der Waals surface area contributed by atoms with Gasteiger partial charge in [-0.05, 0) is 18.2 Å². The first kappa shape index (κ1) is 16.5. The highest BCUT2D eigenvalue weighted by molar-refractivity contribution is 5.94. The molecule has 0 aliphatic heterocycles. The van der Waals surface area contributed by atoms with E-state index in [1.165, 1.54) is 7.11 Å². The number of para-hydroxylation sites is 1. The zero-order valence-electron chi connectivity index (χ0n) is 13.1. The van der Waals surface area contributed by atoms with Crippen molar-refractivity contribution in [3.05, 3.63) is 65.7 Å². The molecule has 1 unspecified atom stereocenters. The van der Waals surface area contributed by atoms with E-state index in [-0.39, 0.29) is 12.3 Å². The third-order valence-electron chi connectivity index (χ3n) is 3.45. The van der Waals surface area contributed by atoms with Crippen LogP contribution in [0.5, 0.6) is 5.75 Å². The Labute approximate surface area is 135 Å². The van der Waals surface area contributed by atoms with E-state index < -0.39 is 12.0 Å². The van der Waals surface area contributed by atoms with Crippen LogP contribution in [0.3, 0.4) is 0 Å².